The maximum absolute atomic E-state index is 13.1. The van der Waals surface area contributed by atoms with Crippen molar-refractivity contribution < 1.29 is 27.5 Å². The van der Waals surface area contributed by atoms with E-state index >= 15 is 0 Å². The molecule has 0 spiro atoms. The molecule has 2 aromatic heterocycles. The first kappa shape index (κ1) is 18.1. The number of Topliss-reactive ketones (excluding diaryl/α,β-unsaturated/α-hetero) is 2. The van der Waals surface area contributed by atoms with Crippen molar-refractivity contribution in [2.75, 3.05) is 0 Å². The Hall–Kier alpha value is -2.00. The van der Waals surface area contributed by atoms with Gasteiger partial charge in [-0.3, -0.25) is 14.3 Å². The van der Waals surface area contributed by atoms with Gasteiger partial charge in [-0.15, -0.1) is 11.3 Å². The Bertz CT molecular complexity index is 981. The molecular weight excluding hydrogens is 393 g/mol. The molecule has 0 amide bonds. The van der Waals surface area contributed by atoms with Gasteiger partial charge in [-0.1, -0.05) is 0 Å². The van der Waals surface area contributed by atoms with Crippen molar-refractivity contribution in [3.63, 3.8) is 0 Å². The van der Waals surface area contributed by atoms with Crippen LogP contribution in [0.3, 0.4) is 0 Å². The number of hydrogen-bond acceptors (Lipinski definition) is 5. The third-order valence-corrected chi connectivity index (χ3v) is 7.28. The van der Waals surface area contributed by atoms with Crippen molar-refractivity contribution in [1.82, 2.24) is 9.78 Å². The zero-order valence-corrected chi connectivity index (χ0v) is 15.9. The molecule has 0 N–H and O–H groups in total. The lowest BCUT2D eigenvalue weighted by molar-refractivity contribution is -0.143. The van der Waals surface area contributed by atoms with Gasteiger partial charge in [0.2, 0.25) is 0 Å². The number of nitrogens with zero attached hydrogens (tertiary/aromatic N) is 2. The average Bonchev–Trinajstić information content (AvgIpc) is 3.38. The number of ether oxygens (including phenoxy) is 1. The maximum Gasteiger partial charge on any atom is 0.433 e. The Morgan fingerprint density at radius 3 is 2.29 bits per heavy atom. The van der Waals surface area contributed by atoms with Gasteiger partial charge in [0.1, 0.15) is 17.3 Å². The first-order valence-corrected chi connectivity index (χ1v) is 9.93. The van der Waals surface area contributed by atoms with E-state index in [0.717, 1.165) is 28.5 Å². The standard InChI is InChI=1S/C19H17F3N2O3S/c1-7-8(5-12(28-7)9-6-13(19(20,21)22)24(2)23-9)14-17(25)15-10-3-4-11(27-10)16(15)18(14)26/h5-6,10-11,14-16H,3-4H2,1-2H3/t10-,11+,14?,15+,16-. The van der Waals surface area contributed by atoms with Gasteiger partial charge in [0.25, 0.3) is 0 Å². The summed E-state index contributed by atoms with van der Waals surface area (Å²) in [6, 6.07) is 2.66. The summed E-state index contributed by atoms with van der Waals surface area (Å²) in [7, 11) is 1.24. The number of thiophene rings is 1. The smallest absolute Gasteiger partial charge is 0.373 e. The summed E-state index contributed by atoms with van der Waals surface area (Å²) < 4.78 is 45.7. The highest BCUT2D eigenvalue weighted by Crippen LogP contribution is 2.53. The van der Waals surface area contributed by atoms with Crippen LogP contribution in [0.4, 0.5) is 13.2 Å². The van der Waals surface area contributed by atoms with E-state index in [2.05, 4.69) is 5.10 Å². The molecule has 28 heavy (non-hydrogen) atoms. The number of aromatic nitrogens is 2. The number of fused-ring (bicyclic) bond motifs is 5. The number of carbonyl (C=O) groups is 2. The molecule has 1 aliphatic carbocycles. The van der Waals surface area contributed by atoms with Crippen LogP contribution in [0.2, 0.25) is 0 Å². The lowest BCUT2D eigenvalue weighted by atomic mass is 9.81. The number of halogens is 3. The van der Waals surface area contributed by atoms with Gasteiger partial charge < -0.3 is 4.74 Å². The Kier molecular flexibility index (Phi) is 3.71. The Balaban J connectivity index is 1.51. The fourth-order valence-electron chi connectivity index (χ4n) is 4.99. The zero-order valence-electron chi connectivity index (χ0n) is 15.1. The largest absolute Gasteiger partial charge is 0.433 e. The highest BCUT2D eigenvalue weighted by molar-refractivity contribution is 7.15. The van der Waals surface area contributed by atoms with Gasteiger partial charge in [-0.25, -0.2) is 0 Å². The molecule has 1 saturated carbocycles. The van der Waals surface area contributed by atoms with Gasteiger partial charge in [0.05, 0.1) is 28.9 Å². The molecule has 3 fully saturated rings. The normalized spacial score (nSPS) is 31.8. The van der Waals surface area contributed by atoms with E-state index in [9.17, 15) is 22.8 Å². The van der Waals surface area contributed by atoms with Crippen molar-refractivity contribution in [2.24, 2.45) is 18.9 Å². The molecule has 9 heteroatoms. The number of alkyl halides is 3. The molecule has 2 saturated heterocycles. The second-order valence-electron chi connectivity index (χ2n) is 7.74. The van der Waals surface area contributed by atoms with Crippen LogP contribution in [-0.2, 0) is 27.5 Å². The van der Waals surface area contributed by atoms with E-state index in [1.165, 1.54) is 18.4 Å². The first-order chi connectivity index (χ1) is 13.2. The van der Waals surface area contributed by atoms with Gasteiger partial charge in [0, 0.05) is 11.9 Å². The van der Waals surface area contributed by atoms with E-state index in [-0.39, 0.29) is 41.3 Å². The average molecular weight is 410 g/mol. The van der Waals surface area contributed by atoms with E-state index in [1.54, 1.807) is 13.0 Å². The molecule has 148 valence electrons. The van der Waals surface area contributed by atoms with Crippen LogP contribution in [0.1, 0.15) is 34.9 Å². The molecule has 0 aromatic carbocycles. The number of rotatable bonds is 2. The summed E-state index contributed by atoms with van der Waals surface area (Å²) in [5.74, 6) is -1.78. The lowest BCUT2D eigenvalue weighted by Gasteiger charge is -2.16. The van der Waals surface area contributed by atoms with E-state index in [4.69, 9.17) is 4.74 Å². The molecule has 3 aliphatic rings. The maximum atomic E-state index is 13.1. The first-order valence-electron chi connectivity index (χ1n) is 9.11. The number of aryl methyl sites for hydroxylation is 2. The predicted octanol–water partition coefficient (Wildman–Crippen LogP) is 3.50. The van der Waals surface area contributed by atoms with Crippen molar-refractivity contribution in [3.05, 3.63) is 28.3 Å². The van der Waals surface area contributed by atoms with E-state index in [0.29, 0.717) is 10.4 Å². The van der Waals surface area contributed by atoms with Crippen molar-refractivity contribution in [3.8, 4) is 10.6 Å². The monoisotopic (exact) mass is 410 g/mol. The number of hydrogen-bond donors (Lipinski definition) is 0. The summed E-state index contributed by atoms with van der Waals surface area (Å²) in [4.78, 5) is 27.3. The van der Waals surface area contributed by atoms with Crippen LogP contribution in [0.5, 0.6) is 0 Å². The van der Waals surface area contributed by atoms with Crippen LogP contribution < -0.4 is 0 Å². The summed E-state index contributed by atoms with van der Waals surface area (Å²) in [6.45, 7) is 1.79. The fraction of sp³-hybridized carbons (Fsp3) is 0.526. The molecule has 0 radical (unpaired) electrons. The third kappa shape index (κ3) is 2.38. The van der Waals surface area contributed by atoms with E-state index in [1.807, 2.05) is 0 Å². The highest BCUT2D eigenvalue weighted by atomic mass is 32.1. The summed E-state index contributed by atoms with van der Waals surface area (Å²) in [6.07, 6.45) is -3.22. The Morgan fingerprint density at radius 2 is 1.75 bits per heavy atom. The predicted molar refractivity (Wildman–Crippen MR) is 93.9 cm³/mol. The molecule has 2 aromatic rings. The molecule has 1 unspecified atom stereocenters. The fourth-order valence-corrected chi connectivity index (χ4v) is 6.01. The van der Waals surface area contributed by atoms with Gasteiger partial charge in [0.15, 0.2) is 11.6 Å². The quantitative estimate of drug-likeness (QED) is 0.711. The third-order valence-electron chi connectivity index (χ3n) is 6.19. The Labute approximate surface area is 162 Å². The van der Waals surface area contributed by atoms with E-state index < -0.39 is 17.8 Å². The molecular formula is C19H17F3N2O3S. The number of ketones is 2. The van der Waals surface area contributed by atoms with Crippen LogP contribution >= 0.6 is 11.3 Å². The summed E-state index contributed by atoms with van der Waals surface area (Å²) in [5.41, 5.74) is -0.0509. The van der Waals surface area contributed by atoms with Crippen LogP contribution in [0, 0.1) is 18.8 Å². The minimum absolute atomic E-state index is 0.105. The SMILES string of the molecule is Cc1sc(-c2cc(C(F)(F)F)n(C)n2)cc1C1C(=O)[C@@H]2[C@H](C1=O)[C@@H]1CC[C@H]2O1. The highest BCUT2D eigenvalue weighted by Gasteiger charge is 2.63. The van der Waals surface area contributed by atoms with Crippen LogP contribution in [0.25, 0.3) is 10.6 Å². The lowest BCUT2D eigenvalue weighted by Crippen LogP contribution is -2.29. The van der Waals surface area contributed by atoms with Gasteiger partial charge in [-0.05, 0) is 37.5 Å². The molecule has 5 atom stereocenters. The molecule has 5 rings (SSSR count). The second-order valence-corrected chi connectivity index (χ2v) is 8.99. The molecule has 2 bridgehead atoms. The van der Waals surface area contributed by atoms with Crippen LogP contribution in [0.15, 0.2) is 12.1 Å². The second kappa shape index (κ2) is 5.76. The Morgan fingerprint density at radius 1 is 1.14 bits per heavy atom. The minimum atomic E-state index is -4.50. The van der Waals surface area contributed by atoms with Crippen LogP contribution in [-0.4, -0.2) is 33.6 Å². The van der Waals surface area contributed by atoms with Gasteiger partial charge >= 0.3 is 6.18 Å². The van der Waals surface area contributed by atoms with Gasteiger partial charge in [-0.2, -0.15) is 18.3 Å². The minimum Gasteiger partial charge on any atom is -0.373 e. The summed E-state index contributed by atoms with van der Waals surface area (Å²) in [5, 5.41) is 3.98. The number of carbonyl (C=O) groups excluding carboxylic acids is 2. The topological polar surface area (TPSA) is 61.2 Å². The molecule has 2 aliphatic heterocycles. The molecule has 5 nitrogen and oxygen atoms in total. The van der Waals surface area contributed by atoms with Crippen molar-refractivity contribution in [1.29, 1.82) is 0 Å². The zero-order chi connectivity index (χ0) is 20.0. The van der Waals surface area contributed by atoms with Crippen molar-refractivity contribution in [2.45, 2.75) is 44.1 Å². The summed E-state index contributed by atoms with van der Waals surface area (Å²) >= 11 is 1.26. The van der Waals surface area contributed by atoms with Crippen molar-refractivity contribution >= 4 is 22.9 Å². The molecule has 4 heterocycles.